The van der Waals surface area contributed by atoms with Crippen LogP contribution in [0.4, 0.5) is 0 Å². The summed E-state index contributed by atoms with van der Waals surface area (Å²) in [5.74, 6) is -1.59. The van der Waals surface area contributed by atoms with Crippen LogP contribution >= 0.6 is 23.1 Å². The van der Waals surface area contributed by atoms with Crippen molar-refractivity contribution >= 4 is 47.0 Å². The third kappa shape index (κ3) is 6.58. The van der Waals surface area contributed by atoms with E-state index < -0.39 is 23.8 Å². The number of nitrogens with one attached hydrogen (secondary N) is 2. The molecule has 0 aliphatic heterocycles. The molecule has 2 amide bonds. The van der Waals surface area contributed by atoms with Crippen LogP contribution in [0, 0.1) is 0 Å². The van der Waals surface area contributed by atoms with Gasteiger partial charge in [0.05, 0.1) is 0 Å². The Hall–Kier alpha value is -2.58. The zero-order valence-electron chi connectivity index (χ0n) is 14.7. The number of benzene rings is 1. The number of amides is 2. The Morgan fingerprint density at radius 2 is 1.93 bits per heavy atom. The fraction of sp³-hybridized carbons (Fsp3) is 0.211. The van der Waals surface area contributed by atoms with Crippen LogP contribution < -0.4 is 10.6 Å². The first-order valence-electron chi connectivity index (χ1n) is 8.15. The van der Waals surface area contributed by atoms with Crippen LogP contribution in [0.2, 0.25) is 0 Å². The first-order chi connectivity index (χ1) is 13.0. The number of hydrogen-bond donors (Lipinski definition) is 3. The zero-order chi connectivity index (χ0) is 19.6. The third-order valence-electron chi connectivity index (χ3n) is 3.57. The predicted molar refractivity (Wildman–Crippen MR) is 109 cm³/mol. The molecule has 2 aromatic rings. The highest BCUT2D eigenvalue weighted by molar-refractivity contribution is 7.98. The molecule has 6 nitrogen and oxygen atoms in total. The second-order valence-electron chi connectivity index (χ2n) is 5.54. The molecule has 0 spiro atoms. The molecule has 2 rings (SSSR count). The average Bonchev–Trinajstić information content (AvgIpc) is 3.18. The zero-order valence-corrected chi connectivity index (χ0v) is 16.3. The number of rotatable bonds is 9. The van der Waals surface area contributed by atoms with Crippen molar-refractivity contribution in [1.82, 2.24) is 10.6 Å². The van der Waals surface area contributed by atoms with Gasteiger partial charge in [0.2, 0.25) is 0 Å². The number of carboxylic acids is 1. The first-order valence-corrected chi connectivity index (χ1v) is 10.4. The van der Waals surface area contributed by atoms with Gasteiger partial charge in [0.25, 0.3) is 11.8 Å². The summed E-state index contributed by atoms with van der Waals surface area (Å²) in [5.41, 5.74) is 0.404. The van der Waals surface area contributed by atoms with Gasteiger partial charge in [-0.1, -0.05) is 24.3 Å². The van der Waals surface area contributed by atoms with Gasteiger partial charge >= 0.3 is 5.97 Å². The Kier molecular flexibility index (Phi) is 8.09. The molecular weight excluding hydrogens is 384 g/mol. The minimum Gasteiger partial charge on any atom is -0.480 e. The van der Waals surface area contributed by atoms with Gasteiger partial charge in [0.1, 0.15) is 11.7 Å². The summed E-state index contributed by atoms with van der Waals surface area (Å²) in [4.78, 5) is 37.2. The van der Waals surface area contributed by atoms with Gasteiger partial charge < -0.3 is 15.7 Å². The number of carbonyl (C=O) groups is 3. The molecule has 1 unspecified atom stereocenters. The molecule has 1 aromatic heterocycles. The lowest BCUT2D eigenvalue weighted by molar-refractivity contribution is -0.141. The van der Waals surface area contributed by atoms with Gasteiger partial charge in [0, 0.05) is 10.4 Å². The number of hydrogen-bond acceptors (Lipinski definition) is 5. The number of carboxylic acid groups (broad SMARTS) is 1. The van der Waals surface area contributed by atoms with Gasteiger partial charge in [-0.05, 0) is 48.1 Å². The number of carbonyl (C=O) groups excluding carboxylic acids is 2. The Morgan fingerprint density at radius 3 is 2.52 bits per heavy atom. The first kappa shape index (κ1) is 20.7. The largest absolute Gasteiger partial charge is 0.480 e. The van der Waals surface area contributed by atoms with Crippen molar-refractivity contribution < 1.29 is 19.5 Å². The molecule has 0 saturated carbocycles. The molecule has 1 atom stereocenters. The highest BCUT2D eigenvalue weighted by Crippen LogP contribution is 2.13. The summed E-state index contributed by atoms with van der Waals surface area (Å²) in [5, 5.41) is 16.2. The van der Waals surface area contributed by atoms with E-state index in [1.807, 2.05) is 17.7 Å². The molecule has 0 bridgehead atoms. The van der Waals surface area contributed by atoms with E-state index in [0.717, 1.165) is 4.88 Å². The van der Waals surface area contributed by atoms with Gasteiger partial charge in [0.15, 0.2) is 0 Å². The molecule has 0 fully saturated rings. The molecule has 27 heavy (non-hydrogen) atoms. The van der Waals surface area contributed by atoms with E-state index in [2.05, 4.69) is 10.6 Å². The molecule has 0 aliphatic carbocycles. The van der Waals surface area contributed by atoms with Gasteiger partial charge in [-0.2, -0.15) is 11.8 Å². The molecule has 8 heteroatoms. The molecule has 1 heterocycles. The quantitative estimate of drug-likeness (QED) is 0.559. The molecule has 3 N–H and O–H groups in total. The maximum absolute atomic E-state index is 12.7. The van der Waals surface area contributed by atoms with E-state index in [-0.39, 0.29) is 5.70 Å². The summed E-state index contributed by atoms with van der Waals surface area (Å²) in [6, 6.07) is 11.1. The van der Waals surface area contributed by atoms with Crippen LogP contribution in [0.25, 0.3) is 6.08 Å². The van der Waals surface area contributed by atoms with Crippen LogP contribution in [0.1, 0.15) is 21.7 Å². The topological polar surface area (TPSA) is 95.5 Å². The summed E-state index contributed by atoms with van der Waals surface area (Å²) in [6.45, 7) is 0. The average molecular weight is 405 g/mol. The van der Waals surface area contributed by atoms with Crippen molar-refractivity contribution in [2.24, 2.45) is 0 Å². The molecule has 0 saturated heterocycles. The normalized spacial score (nSPS) is 12.3. The van der Waals surface area contributed by atoms with Crippen molar-refractivity contribution in [3.63, 3.8) is 0 Å². The van der Waals surface area contributed by atoms with Crippen LogP contribution in [-0.2, 0) is 9.59 Å². The lowest BCUT2D eigenvalue weighted by atomic mass is 10.2. The van der Waals surface area contributed by atoms with E-state index in [1.165, 1.54) is 29.2 Å². The molecular formula is C19H20N2O4S2. The van der Waals surface area contributed by atoms with Crippen LogP contribution in [-0.4, -0.2) is 40.9 Å². The van der Waals surface area contributed by atoms with Crippen LogP contribution in [0.15, 0.2) is 53.5 Å². The van der Waals surface area contributed by atoms with Crippen molar-refractivity contribution in [3.05, 3.63) is 64.0 Å². The smallest absolute Gasteiger partial charge is 0.326 e. The summed E-state index contributed by atoms with van der Waals surface area (Å²) >= 11 is 2.90. The van der Waals surface area contributed by atoms with E-state index in [1.54, 1.807) is 36.4 Å². The standard InChI is InChI=1S/C19H20N2O4S2/c1-26-11-9-15(19(24)25)20-18(23)16(12-14-8-5-10-27-14)21-17(22)13-6-3-2-4-7-13/h2-8,10,12,15H,9,11H2,1H3,(H,20,23)(H,21,22)(H,24,25)/b16-12+. The molecule has 142 valence electrons. The Morgan fingerprint density at radius 1 is 1.19 bits per heavy atom. The highest BCUT2D eigenvalue weighted by atomic mass is 32.2. The lowest BCUT2D eigenvalue weighted by Crippen LogP contribution is -2.44. The maximum Gasteiger partial charge on any atom is 0.326 e. The molecule has 1 aromatic carbocycles. The van der Waals surface area contributed by atoms with Gasteiger partial charge in [-0.25, -0.2) is 4.79 Å². The fourth-order valence-corrected chi connectivity index (χ4v) is 3.32. The third-order valence-corrected chi connectivity index (χ3v) is 5.04. The van der Waals surface area contributed by atoms with E-state index >= 15 is 0 Å². The number of thioether (sulfide) groups is 1. The Labute approximate surface area is 165 Å². The fourth-order valence-electron chi connectivity index (χ4n) is 2.19. The highest BCUT2D eigenvalue weighted by Gasteiger charge is 2.22. The summed E-state index contributed by atoms with van der Waals surface area (Å²) in [6.07, 6.45) is 3.69. The van der Waals surface area contributed by atoms with Gasteiger partial charge in [-0.3, -0.25) is 9.59 Å². The monoisotopic (exact) mass is 404 g/mol. The molecule has 0 radical (unpaired) electrons. The van der Waals surface area contributed by atoms with Crippen LogP contribution in [0.5, 0.6) is 0 Å². The maximum atomic E-state index is 12.7. The van der Waals surface area contributed by atoms with E-state index in [9.17, 15) is 19.5 Å². The molecule has 0 aliphatic rings. The van der Waals surface area contributed by atoms with Crippen LogP contribution in [0.3, 0.4) is 0 Å². The lowest BCUT2D eigenvalue weighted by Gasteiger charge is -2.16. The summed E-state index contributed by atoms with van der Waals surface area (Å²) < 4.78 is 0. The van der Waals surface area contributed by atoms with Crippen molar-refractivity contribution in [2.45, 2.75) is 12.5 Å². The summed E-state index contributed by atoms with van der Waals surface area (Å²) in [7, 11) is 0. The predicted octanol–water partition coefficient (Wildman–Crippen LogP) is 2.84. The van der Waals surface area contributed by atoms with E-state index in [4.69, 9.17) is 0 Å². The van der Waals surface area contributed by atoms with Crippen molar-refractivity contribution in [3.8, 4) is 0 Å². The second kappa shape index (κ2) is 10.5. The van der Waals surface area contributed by atoms with Crippen molar-refractivity contribution in [2.75, 3.05) is 12.0 Å². The number of thiophene rings is 1. The number of aliphatic carboxylic acids is 1. The van der Waals surface area contributed by atoms with Gasteiger partial charge in [-0.15, -0.1) is 11.3 Å². The minimum atomic E-state index is -1.11. The Bertz CT molecular complexity index is 804. The minimum absolute atomic E-state index is 0.00158. The SMILES string of the molecule is CSCCC(NC(=O)/C(=C\c1cccs1)NC(=O)c1ccccc1)C(=O)O. The van der Waals surface area contributed by atoms with Crippen molar-refractivity contribution in [1.29, 1.82) is 0 Å². The Balaban J connectivity index is 2.20. The second-order valence-corrected chi connectivity index (χ2v) is 7.50. The van der Waals surface area contributed by atoms with E-state index in [0.29, 0.717) is 17.7 Å².